The highest BCUT2D eigenvalue weighted by atomic mass is 16.4. The van der Waals surface area contributed by atoms with Crippen molar-refractivity contribution >= 4 is 0 Å². The van der Waals surface area contributed by atoms with Crippen molar-refractivity contribution in [3.05, 3.63) is 17.3 Å². The first-order valence-corrected chi connectivity index (χ1v) is 5.55. The number of aryl methyl sites for hydroxylation is 1. The Morgan fingerprint density at radius 1 is 1.36 bits per heavy atom. The lowest BCUT2D eigenvalue weighted by molar-refractivity contribution is 0.397. The maximum Gasteiger partial charge on any atom is 0.197 e. The zero-order chi connectivity index (χ0) is 9.54. The van der Waals surface area contributed by atoms with Gasteiger partial charge in [-0.15, -0.1) is 0 Å². The number of aromatic nitrogens is 1. The summed E-state index contributed by atoms with van der Waals surface area (Å²) in [5.74, 6) is 3.39. The minimum atomic E-state index is 0.625. The molecule has 14 heavy (non-hydrogen) atoms. The van der Waals surface area contributed by atoms with Crippen LogP contribution in [0.1, 0.15) is 42.5 Å². The molecule has 0 saturated heterocycles. The summed E-state index contributed by atoms with van der Waals surface area (Å²) in [4.78, 5) is 4.59. The summed E-state index contributed by atoms with van der Waals surface area (Å²) in [6.07, 6.45) is 5.77. The summed E-state index contributed by atoms with van der Waals surface area (Å²) in [5, 5.41) is 0. The lowest BCUT2D eigenvalue weighted by Crippen LogP contribution is -2.21. The second-order valence-electron chi connectivity index (χ2n) is 4.54. The molecule has 1 saturated carbocycles. The highest BCUT2D eigenvalue weighted by Crippen LogP contribution is 2.41. The maximum absolute atomic E-state index is 5.77. The molecule has 3 nitrogen and oxygen atoms in total. The molecule has 1 aromatic rings. The molecule has 2 aliphatic carbocycles. The molecule has 1 heterocycles. The quantitative estimate of drug-likeness (QED) is 0.774. The van der Waals surface area contributed by atoms with Gasteiger partial charge in [0.2, 0.25) is 0 Å². The van der Waals surface area contributed by atoms with Gasteiger partial charge >= 0.3 is 0 Å². The van der Waals surface area contributed by atoms with E-state index in [9.17, 15) is 0 Å². The minimum absolute atomic E-state index is 0.625. The van der Waals surface area contributed by atoms with Gasteiger partial charge < -0.3 is 10.2 Å². The predicted octanol–water partition coefficient (Wildman–Crippen LogP) is 1.62. The normalized spacial score (nSPS) is 26.2. The van der Waals surface area contributed by atoms with Crippen LogP contribution in [0.4, 0.5) is 0 Å². The van der Waals surface area contributed by atoms with Crippen LogP contribution in [-0.2, 0) is 12.8 Å². The second-order valence-corrected chi connectivity index (χ2v) is 4.54. The third kappa shape index (κ3) is 1.36. The lowest BCUT2D eigenvalue weighted by Gasteiger charge is -2.17. The molecule has 1 unspecified atom stereocenters. The molecule has 0 spiro atoms. The molecule has 0 aromatic carbocycles. The average molecular weight is 192 g/mol. The van der Waals surface area contributed by atoms with Crippen LogP contribution in [0.25, 0.3) is 0 Å². The Morgan fingerprint density at radius 2 is 2.21 bits per heavy atom. The average Bonchev–Trinajstić information content (AvgIpc) is 2.97. The summed E-state index contributed by atoms with van der Waals surface area (Å²) < 4.78 is 5.77. The van der Waals surface area contributed by atoms with Gasteiger partial charge in [-0.1, -0.05) is 0 Å². The lowest BCUT2D eigenvalue weighted by atomic mass is 9.90. The molecular weight excluding hydrogens is 176 g/mol. The number of fused-ring (bicyclic) bond motifs is 1. The smallest absolute Gasteiger partial charge is 0.197 e. The molecule has 1 aromatic heterocycles. The van der Waals surface area contributed by atoms with E-state index in [0.29, 0.717) is 11.8 Å². The molecule has 1 fully saturated rings. The molecule has 0 radical (unpaired) electrons. The largest absolute Gasteiger partial charge is 0.445 e. The van der Waals surface area contributed by atoms with Gasteiger partial charge in [0.15, 0.2) is 5.89 Å². The Kier molecular flexibility index (Phi) is 1.87. The van der Waals surface area contributed by atoms with E-state index in [1.54, 1.807) is 0 Å². The van der Waals surface area contributed by atoms with Crippen molar-refractivity contribution in [2.75, 3.05) is 6.54 Å². The number of nitrogens with zero attached hydrogens (tertiary/aromatic N) is 1. The summed E-state index contributed by atoms with van der Waals surface area (Å²) >= 11 is 0. The molecule has 0 bridgehead atoms. The van der Waals surface area contributed by atoms with Crippen LogP contribution in [0.5, 0.6) is 0 Å². The molecule has 2 aliphatic rings. The van der Waals surface area contributed by atoms with E-state index in [1.807, 2.05) is 0 Å². The molecular formula is C11H16N2O. The minimum Gasteiger partial charge on any atom is -0.445 e. The first-order chi connectivity index (χ1) is 6.86. The summed E-state index contributed by atoms with van der Waals surface area (Å²) in [7, 11) is 0. The topological polar surface area (TPSA) is 52.0 Å². The van der Waals surface area contributed by atoms with E-state index >= 15 is 0 Å². The Morgan fingerprint density at radius 3 is 2.93 bits per heavy atom. The molecule has 0 amide bonds. The van der Waals surface area contributed by atoms with Gasteiger partial charge in [-0.3, -0.25) is 0 Å². The van der Waals surface area contributed by atoms with E-state index in [2.05, 4.69) is 4.98 Å². The van der Waals surface area contributed by atoms with Crippen molar-refractivity contribution in [3.63, 3.8) is 0 Å². The fourth-order valence-electron chi connectivity index (χ4n) is 2.17. The molecule has 3 heteroatoms. The van der Waals surface area contributed by atoms with Crippen LogP contribution in [0, 0.1) is 5.92 Å². The predicted molar refractivity (Wildman–Crippen MR) is 53.0 cm³/mol. The van der Waals surface area contributed by atoms with Crippen molar-refractivity contribution in [1.82, 2.24) is 4.98 Å². The Labute approximate surface area is 83.7 Å². The van der Waals surface area contributed by atoms with Crippen molar-refractivity contribution in [2.24, 2.45) is 11.7 Å². The first kappa shape index (κ1) is 8.48. The highest BCUT2D eigenvalue weighted by Gasteiger charge is 2.31. The number of hydrogen-bond acceptors (Lipinski definition) is 3. The maximum atomic E-state index is 5.77. The van der Waals surface area contributed by atoms with Gasteiger partial charge in [-0.25, -0.2) is 4.98 Å². The fourth-order valence-corrected chi connectivity index (χ4v) is 2.17. The van der Waals surface area contributed by atoms with Crippen LogP contribution >= 0.6 is 0 Å². The van der Waals surface area contributed by atoms with Gasteiger partial charge in [0, 0.05) is 12.3 Å². The van der Waals surface area contributed by atoms with Gasteiger partial charge in [0.1, 0.15) is 5.76 Å². The fraction of sp³-hybridized carbons (Fsp3) is 0.727. The Balaban J connectivity index is 1.85. The van der Waals surface area contributed by atoms with Crippen molar-refractivity contribution in [3.8, 4) is 0 Å². The van der Waals surface area contributed by atoms with Crippen molar-refractivity contribution in [1.29, 1.82) is 0 Å². The zero-order valence-electron chi connectivity index (χ0n) is 8.33. The van der Waals surface area contributed by atoms with Gasteiger partial charge in [0.25, 0.3) is 0 Å². The van der Waals surface area contributed by atoms with E-state index in [0.717, 1.165) is 31.0 Å². The van der Waals surface area contributed by atoms with E-state index < -0.39 is 0 Å². The number of rotatable bonds is 2. The monoisotopic (exact) mass is 192 g/mol. The SMILES string of the molecule is NCC1CCc2oc(C3CC3)nc2C1. The Hall–Kier alpha value is -0.830. The van der Waals surface area contributed by atoms with Crippen LogP contribution in [-0.4, -0.2) is 11.5 Å². The summed E-state index contributed by atoms with van der Waals surface area (Å²) in [6, 6.07) is 0. The van der Waals surface area contributed by atoms with Crippen LogP contribution in [0.15, 0.2) is 4.42 Å². The molecule has 1 atom stereocenters. The van der Waals surface area contributed by atoms with Gasteiger partial charge in [0.05, 0.1) is 5.69 Å². The van der Waals surface area contributed by atoms with E-state index in [1.165, 1.54) is 25.0 Å². The Bertz CT molecular complexity index is 341. The van der Waals surface area contributed by atoms with Gasteiger partial charge in [-0.05, 0) is 38.1 Å². The van der Waals surface area contributed by atoms with E-state index in [4.69, 9.17) is 10.2 Å². The standard InChI is InChI=1S/C11H16N2O/c12-6-7-1-4-10-9(5-7)13-11(14-10)8-2-3-8/h7-8H,1-6,12H2. The summed E-state index contributed by atoms with van der Waals surface area (Å²) in [6.45, 7) is 0.783. The number of hydrogen-bond donors (Lipinski definition) is 1. The van der Waals surface area contributed by atoms with Crippen molar-refractivity contribution in [2.45, 2.75) is 38.0 Å². The van der Waals surface area contributed by atoms with Crippen LogP contribution < -0.4 is 5.73 Å². The zero-order valence-corrected chi connectivity index (χ0v) is 8.33. The van der Waals surface area contributed by atoms with E-state index in [-0.39, 0.29) is 0 Å². The van der Waals surface area contributed by atoms with Gasteiger partial charge in [-0.2, -0.15) is 0 Å². The number of nitrogens with two attached hydrogens (primary N) is 1. The molecule has 3 rings (SSSR count). The third-order valence-corrected chi connectivity index (χ3v) is 3.32. The molecule has 0 aliphatic heterocycles. The van der Waals surface area contributed by atoms with Crippen LogP contribution in [0.2, 0.25) is 0 Å². The summed E-state index contributed by atoms with van der Waals surface area (Å²) in [5.41, 5.74) is 6.87. The third-order valence-electron chi connectivity index (χ3n) is 3.32. The molecule has 2 N–H and O–H groups in total. The highest BCUT2D eigenvalue weighted by molar-refractivity contribution is 5.17. The number of oxazole rings is 1. The first-order valence-electron chi connectivity index (χ1n) is 5.55. The van der Waals surface area contributed by atoms with Crippen LogP contribution in [0.3, 0.4) is 0 Å². The molecule has 76 valence electrons. The second kappa shape index (κ2) is 3.09. The van der Waals surface area contributed by atoms with Crippen molar-refractivity contribution < 1.29 is 4.42 Å².